The number of alkyl halides is 1. The number of nitrogens with zero attached hydrogens (tertiary/aromatic N) is 4. The van der Waals surface area contributed by atoms with E-state index in [-0.39, 0.29) is 29.3 Å². The summed E-state index contributed by atoms with van der Waals surface area (Å²) in [6, 6.07) is 23.2. The summed E-state index contributed by atoms with van der Waals surface area (Å²) in [7, 11) is 1.83. The van der Waals surface area contributed by atoms with Crippen LogP contribution in [0.5, 0.6) is 5.75 Å². The number of aromatic hydroxyl groups is 1. The molecule has 308 valence electrons. The molecule has 2 amide bonds. The third kappa shape index (κ3) is 9.43. The molecule has 1 atom stereocenters. The molecule has 0 aliphatic carbocycles. The van der Waals surface area contributed by atoms with Crippen molar-refractivity contribution in [1.29, 1.82) is 0 Å². The lowest BCUT2D eigenvalue weighted by Crippen LogP contribution is -2.51. The van der Waals surface area contributed by atoms with Gasteiger partial charge in [0.15, 0.2) is 0 Å². The van der Waals surface area contributed by atoms with Gasteiger partial charge in [-0.1, -0.05) is 24.3 Å². The van der Waals surface area contributed by atoms with Crippen LogP contribution in [0.2, 0.25) is 0 Å². The number of phenolic OH excluding ortho intramolecular Hbond substituents is 1. The summed E-state index contributed by atoms with van der Waals surface area (Å²) in [5.74, 6) is 0.369. The number of phenols is 1. The van der Waals surface area contributed by atoms with Crippen LogP contribution < -0.4 is 27.8 Å². The van der Waals surface area contributed by atoms with E-state index in [0.717, 1.165) is 67.5 Å². The normalized spacial score (nSPS) is 19.3. The van der Waals surface area contributed by atoms with Crippen molar-refractivity contribution in [3.05, 3.63) is 113 Å². The van der Waals surface area contributed by atoms with Gasteiger partial charge in [-0.05, 0) is 92.9 Å². The zero-order valence-electron chi connectivity index (χ0n) is 33.5. The van der Waals surface area contributed by atoms with Crippen molar-refractivity contribution < 1.29 is 19.1 Å². The second-order valence-electron chi connectivity index (χ2n) is 16.2. The maximum atomic E-state index is 16.3. The molecular formula is C45H58FN9O3. The summed E-state index contributed by atoms with van der Waals surface area (Å²) >= 11 is 0. The topological polar surface area (TPSA) is 171 Å². The fourth-order valence-corrected chi connectivity index (χ4v) is 8.90. The molecule has 0 bridgehead atoms. The van der Waals surface area contributed by atoms with Gasteiger partial charge in [-0.2, -0.15) is 0 Å². The molecule has 3 fully saturated rings. The molecule has 12 nitrogen and oxygen atoms in total. The Balaban J connectivity index is 0.885. The molecule has 3 aromatic carbocycles. The molecule has 0 radical (unpaired) electrons. The number of hydrogen-bond donors (Lipinski definition) is 6. The number of allylic oxidation sites excluding steroid dienone is 1. The summed E-state index contributed by atoms with van der Waals surface area (Å²) in [6.07, 6.45) is 8.71. The maximum Gasteiger partial charge on any atom is 0.253 e. The Labute approximate surface area is 340 Å². The summed E-state index contributed by atoms with van der Waals surface area (Å²) < 4.78 is 18.6. The van der Waals surface area contributed by atoms with Crippen molar-refractivity contribution in [2.24, 2.45) is 17.2 Å². The van der Waals surface area contributed by atoms with Gasteiger partial charge in [0.1, 0.15) is 17.2 Å². The minimum Gasteiger partial charge on any atom is -0.507 e. The molecule has 7 rings (SSSR count). The Morgan fingerprint density at radius 3 is 2.36 bits per heavy atom. The van der Waals surface area contributed by atoms with Gasteiger partial charge < -0.3 is 52.2 Å². The first-order valence-corrected chi connectivity index (χ1v) is 20.6. The highest BCUT2D eigenvalue weighted by atomic mass is 19.1. The summed E-state index contributed by atoms with van der Waals surface area (Å²) in [6.45, 7) is 4.90. The highest BCUT2D eigenvalue weighted by Gasteiger charge is 2.38. The van der Waals surface area contributed by atoms with Crippen LogP contribution in [-0.4, -0.2) is 101 Å². The fourth-order valence-electron chi connectivity index (χ4n) is 8.90. The molecule has 13 heteroatoms. The number of anilines is 1. The van der Waals surface area contributed by atoms with Gasteiger partial charge in [0.05, 0.1) is 5.70 Å². The maximum absolute atomic E-state index is 16.3. The van der Waals surface area contributed by atoms with Crippen LogP contribution in [0.1, 0.15) is 78.4 Å². The van der Waals surface area contributed by atoms with Gasteiger partial charge >= 0.3 is 0 Å². The van der Waals surface area contributed by atoms with Crippen LogP contribution in [0.3, 0.4) is 0 Å². The highest BCUT2D eigenvalue weighted by Crippen LogP contribution is 2.34. The number of carbonyl (C=O) groups is 2. The van der Waals surface area contributed by atoms with Gasteiger partial charge in [-0.25, -0.2) is 4.39 Å². The smallest absolute Gasteiger partial charge is 0.253 e. The number of amides is 2. The Morgan fingerprint density at radius 1 is 0.914 bits per heavy atom. The van der Waals surface area contributed by atoms with Crippen LogP contribution in [0, 0.1) is 0 Å². The Kier molecular flexibility index (Phi) is 12.6. The monoisotopic (exact) mass is 791 g/mol. The zero-order chi connectivity index (χ0) is 40.8. The van der Waals surface area contributed by atoms with Crippen LogP contribution in [0.15, 0.2) is 96.6 Å². The van der Waals surface area contributed by atoms with Gasteiger partial charge in [0.2, 0.25) is 5.91 Å². The van der Waals surface area contributed by atoms with Gasteiger partial charge in [-0.15, -0.1) is 0 Å². The van der Waals surface area contributed by atoms with E-state index in [2.05, 4.69) is 43.3 Å². The van der Waals surface area contributed by atoms with Gasteiger partial charge in [0, 0.05) is 123 Å². The molecule has 1 aromatic heterocycles. The van der Waals surface area contributed by atoms with E-state index < -0.39 is 5.67 Å². The van der Waals surface area contributed by atoms with Crippen LogP contribution in [-0.2, 0) is 4.79 Å². The van der Waals surface area contributed by atoms with E-state index in [1.165, 1.54) is 0 Å². The molecule has 0 spiro atoms. The third-order valence-electron chi connectivity index (χ3n) is 12.2. The first-order chi connectivity index (χ1) is 28.0. The van der Waals surface area contributed by atoms with E-state index in [0.29, 0.717) is 80.5 Å². The van der Waals surface area contributed by atoms with Crippen molar-refractivity contribution in [3.8, 4) is 5.75 Å². The number of aromatic nitrogens is 1. The predicted octanol–water partition coefficient (Wildman–Crippen LogP) is 5.44. The highest BCUT2D eigenvalue weighted by molar-refractivity contribution is 5.95. The third-order valence-corrected chi connectivity index (χ3v) is 12.2. The molecule has 3 saturated heterocycles. The second kappa shape index (κ2) is 17.9. The fraction of sp³-hybridized carbons (Fsp3) is 0.422. The van der Waals surface area contributed by atoms with Crippen molar-refractivity contribution >= 4 is 34.1 Å². The number of nitrogens with two attached hydrogens (primary N) is 3. The average Bonchev–Trinajstić information content (AvgIpc) is 3.65. The Bertz CT molecular complexity index is 2130. The molecule has 0 saturated carbocycles. The first-order valence-electron chi connectivity index (χ1n) is 20.6. The average molecular weight is 792 g/mol. The number of halogens is 1. The number of fused-ring (bicyclic) bond motifs is 1. The minimum absolute atomic E-state index is 0.00985. The van der Waals surface area contributed by atoms with E-state index in [4.69, 9.17) is 17.2 Å². The molecule has 58 heavy (non-hydrogen) atoms. The number of rotatable bonds is 12. The number of para-hydroxylation sites is 1. The molecule has 4 aromatic rings. The van der Waals surface area contributed by atoms with Crippen LogP contribution in [0.4, 0.5) is 10.1 Å². The van der Waals surface area contributed by atoms with E-state index in [1.807, 2.05) is 49.5 Å². The lowest BCUT2D eigenvalue weighted by Gasteiger charge is -2.41. The number of nitrogens with one attached hydrogen (secondary N) is 2. The van der Waals surface area contributed by atoms with E-state index >= 15 is 4.39 Å². The van der Waals surface area contributed by atoms with Crippen molar-refractivity contribution in [2.75, 3.05) is 64.7 Å². The number of likely N-dealkylation sites (tertiary alicyclic amines) is 3. The molecular weight excluding hydrogens is 734 g/mol. The predicted molar refractivity (Wildman–Crippen MR) is 228 cm³/mol. The molecule has 4 heterocycles. The van der Waals surface area contributed by atoms with Crippen molar-refractivity contribution in [3.63, 3.8) is 0 Å². The molecule has 9 N–H and O–H groups in total. The number of hydrogen-bond acceptors (Lipinski definition) is 9. The quantitative estimate of drug-likeness (QED) is 0.102. The zero-order valence-corrected chi connectivity index (χ0v) is 33.5. The Morgan fingerprint density at radius 2 is 1.66 bits per heavy atom. The number of benzene rings is 3. The lowest BCUT2D eigenvalue weighted by atomic mass is 9.89. The largest absolute Gasteiger partial charge is 0.507 e. The Hall–Kier alpha value is -5.53. The lowest BCUT2D eigenvalue weighted by molar-refractivity contribution is -0.116. The van der Waals surface area contributed by atoms with Crippen molar-refractivity contribution in [2.45, 2.75) is 62.6 Å². The summed E-state index contributed by atoms with van der Waals surface area (Å²) in [4.78, 5) is 31.9. The first kappa shape index (κ1) is 40.7. The standard InChI is InChI=1S/C45H58FN9O3/c1-50-20-14-42(57)51-35-12-13-39-33(27-35)15-24-55(39)36-16-22-52(23-17-36)30-45(46)18-25-53(26-19-45)44(58)32-10-8-31(9-11-32)34-5-4-21-54(29-34)40(43(48)49)28-38(47)37-6-2-3-7-41(37)56/h2-3,6-13,15,24,27-28,34,36,50,56H,4-5,14,16-23,25-26,29-30,47-49H2,1H3,(H,51,57)/b38-28-. The van der Waals surface area contributed by atoms with Crippen LogP contribution in [0.25, 0.3) is 16.6 Å². The number of carbonyl (C=O) groups excluding carboxylic acids is 2. The van der Waals surface area contributed by atoms with Crippen LogP contribution >= 0.6 is 0 Å². The number of piperidine rings is 3. The summed E-state index contributed by atoms with van der Waals surface area (Å²) in [5, 5.41) is 17.4. The summed E-state index contributed by atoms with van der Waals surface area (Å²) in [5.41, 5.74) is 22.5. The minimum atomic E-state index is -1.32. The molecule has 3 aliphatic rings. The second-order valence-corrected chi connectivity index (χ2v) is 16.2. The molecule has 3 aliphatic heterocycles. The van der Waals surface area contributed by atoms with E-state index in [9.17, 15) is 14.7 Å². The van der Waals surface area contributed by atoms with Gasteiger partial charge in [-0.3, -0.25) is 9.59 Å². The van der Waals surface area contributed by atoms with Gasteiger partial charge in [0.25, 0.3) is 5.91 Å². The van der Waals surface area contributed by atoms with Crippen molar-refractivity contribution in [1.82, 2.24) is 24.6 Å². The van der Waals surface area contributed by atoms with E-state index in [1.54, 1.807) is 29.2 Å². The SMILES string of the molecule is CNCCC(=O)Nc1ccc2c(ccn2C2CCN(CC3(F)CCN(C(=O)c4ccc(C5CCCN(C(/C=C(\N)c6ccccc6O)=C(N)N)C5)cc4)CC3)CC2)c1. The molecule has 1 unspecified atom stereocenters.